The van der Waals surface area contributed by atoms with E-state index in [-0.39, 0.29) is 17.7 Å². The van der Waals surface area contributed by atoms with Crippen molar-refractivity contribution in [2.75, 3.05) is 0 Å². The Labute approximate surface area is 208 Å². The SMILES string of the molecule is C/C(=C\C(Br)=C/NC=O)Cn1cnc(C(F)(F)C(F)F)c(Oc2cc(C(F)F)cc(C#N)c2C)c1=O. The first-order valence-corrected chi connectivity index (χ1v) is 10.6. The van der Waals surface area contributed by atoms with Crippen LogP contribution < -0.4 is 15.6 Å². The van der Waals surface area contributed by atoms with E-state index in [0.29, 0.717) is 22.8 Å². The number of nitrogens with zero attached hydrogens (tertiary/aromatic N) is 3. The second-order valence-electron chi connectivity index (χ2n) is 7.29. The number of carbonyl (C=O) groups is 1. The third-order valence-corrected chi connectivity index (χ3v) is 5.10. The van der Waals surface area contributed by atoms with E-state index in [0.717, 1.165) is 16.7 Å². The molecule has 0 atom stereocenters. The Balaban J connectivity index is 2.69. The summed E-state index contributed by atoms with van der Waals surface area (Å²) in [5.41, 5.74) is -3.67. The minimum atomic E-state index is -4.92. The van der Waals surface area contributed by atoms with E-state index in [9.17, 15) is 41.2 Å². The van der Waals surface area contributed by atoms with Crippen LogP contribution in [0.5, 0.6) is 11.5 Å². The van der Waals surface area contributed by atoms with E-state index in [4.69, 9.17) is 4.74 Å². The monoisotopic (exact) mass is 578 g/mol. The fourth-order valence-electron chi connectivity index (χ4n) is 2.89. The highest BCUT2D eigenvalue weighted by atomic mass is 79.9. The summed E-state index contributed by atoms with van der Waals surface area (Å²) in [5, 5.41) is 11.5. The summed E-state index contributed by atoms with van der Waals surface area (Å²) in [7, 11) is 0. The molecule has 1 heterocycles. The van der Waals surface area contributed by atoms with Gasteiger partial charge in [0.1, 0.15) is 5.75 Å². The van der Waals surface area contributed by atoms with Crippen molar-refractivity contribution in [1.29, 1.82) is 5.26 Å². The van der Waals surface area contributed by atoms with Crippen LogP contribution in [0.2, 0.25) is 0 Å². The van der Waals surface area contributed by atoms with Gasteiger partial charge in [0, 0.05) is 28.4 Å². The first-order chi connectivity index (χ1) is 16.8. The van der Waals surface area contributed by atoms with E-state index in [1.165, 1.54) is 26.1 Å². The summed E-state index contributed by atoms with van der Waals surface area (Å²) in [6, 6.07) is 3.21. The summed E-state index contributed by atoms with van der Waals surface area (Å²) >= 11 is 3.13. The molecule has 192 valence electrons. The lowest BCUT2D eigenvalue weighted by Crippen LogP contribution is -2.31. The largest absolute Gasteiger partial charge is 0.449 e. The van der Waals surface area contributed by atoms with Crippen molar-refractivity contribution in [2.45, 2.75) is 39.2 Å². The lowest BCUT2D eigenvalue weighted by atomic mass is 10.0. The van der Waals surface area contributed by atoms with Crippen LogP contribution in [0.4, 0.5) is 26.3 Å². The van der Waals surface area contributed by atoms with E-state index in [2.05, 4.69) is 26.2 Å². The van der Waals surface area contributed by atoms with Gasteiger partial charge in [-0.2, -0.15) is 14.0 Å². The Hall–Kier alpha value is -3.60. The molecule has 0 fully saturated rings. The van der Waals surface area contributed by atoms with Crippen molar-refractivity contribution >= 4 is 22.3 Å². The molecule has 0 bridgehead atoms. The maximum absolute atomic E-state index is 14.3. The van der Waals surface area contributed by atoms with Crippen LogP contribution in [0.15, 0.2) is 45.6 Å². The quantitative estimate of drug-likeness (QED) is 0.230. The maximum atomic E-state index is 14.3. The molecule has 2 aromatic rings. The number of halogens is 7. The zero-order valence-corrected chi connectivity index (χ0v) is 20.1. The fraction of sp³-hybridized carbons (Fsp3) is 0.273. The number of nitriles is 1. The number of ether oxygens (including phenoxy) is 1. The first kappa shape index (κ1) is 28.6. The van der Waals surface area contributed by atoms with Crippen molar-refractivity contribution in [1.82, 2.24) is 14.9 Å². The molecule has 0 saturated heterocycles. The van der Waals surface area contributed by atoms with Gasteiger partial charge >= 0.3 is 12.3 Å². The number of hydrogen-bond acceptors (Lipinski definition) is 5. The number of hydrogen-bond donors (Lipinski definition) is 1. The molecule has 0 aliphatic heterocycles. The Morgan fingerprint density at radius 3 is 2.56 bits per heavy atom. The normalized spacial score (nSPS) is 12.6. The van der Waals surface area contributed by atoms with Crippen LogP contribution in [-0.4, -0.2) is 22.4 Å². The van der Waals surface area contributed by atoms with E-state index in [1.807, 2.05) is 0 Å². The highest BCUT2D eigenvalue weighted by molar-refractivity contribution is 9.11. The number of alkyl halides is 6. The van der Waals surface area contributed by atoms with E-state index >= 15 is 0 Å². The number of nitrogens with one attached hydrogen (secondary N) is 1. The summed E-state index contributed by atoms with van der Waals surface area (Å²) in [6.07, 6.45) is -3.61. The van der Waals surface area contributed by atoms with Gasteiger partial charge in [-0.05, 0) is 48.0 Å². The predicted molar refractivity (Wildman–Crippen MR) is 119 cm³/mol. The number of amides is 1. The standard InChI is InChI=1S/C22H17BrF6N4O3/c1-11(3-15(23)7-31-10-34)8-33-9-32-18(22(28,29)21(26)27)17(20(33)35)36-16-5-13(19(24)25)4-14(6-30)12(16)2/h3-5,7,9-10,19,21H,8H2,1-2H3,(H,31,34)/b11-3+,15-7+. The zero-order chi connectivity index (χ0) is 27.2. The lowest BCUT2D eigenvalue weighted by molar-refractivity contribution is -0.139. The molecule has 1 aromatic heterocycles. The average Bonchev–Trinajstić information content (AvgIpc) is 2.80. The fourth-order valence-corrected chi connectivity index (χ4v) is 3.41. The van der Waals surface area contributed by atoms with Gasteiger partial charge in [-0.15, -0.1) is 0 Å². The van der Waals surface area contributed by atoms with Crippen molar-refractivity contribution in [3.05, 3.63) is 73.5 Å². The molecule has 0 aliphatic rings. The molecule has 2 rings (SSSR count). The molecular formula is C22H17BrF6N4O3. The molecule has 0 radical (unpaired) electrons. The second-order valence-corrected chi connectivity index (χ2v) is 8.21. The number of benzene rings is 1. The van der Waals surface area contributed by atoms with Crippen molar-refractivity contribution in [2.24, 2.45) is 0 Å². The molecule has 36 heavy (non-hydrogen) atoms. The van der Waals surface area contributed by atoms with E-state index < -0.39 is 47.1 Å². The van der Waals surface area contributed by atoms with Crippen LogP contribution in [0.3, 0.4) is 0 Å². The highest BCUT2D eigenvalue weighted by Gasteiger charge is 2.48. The smallest absolute Gasteiger partial charge is 0.352 e. The molecule has 1 aromatic carbocycles. The summed E-state index contributed by atoms with van der Waals surface area (Å²) in [6.45, 7) is 2.50. The minimum Gasteiger partial charge on any atom is -0.449 e. The van der Waals surface area contributed by atoms with Crippen molar-refractivity contribution in [3.8, 4) is 17.6 Å². The second kappa shape index (κ2) is 11.9. The molecule has 1 N–H and O–H groups in total. The predicted octanol–water partition coefficient (Wildman–Crippen LogP) is 5.44. The number of carbonyl (C=O) groups excluding carboxylic acids is 1. The average molecular weight is 579 g/mol. The van der Waals surface area contributed by atoms with Gasteiger partial charge in [-0.25, -0.2) is 22.5 Å². The highest BCUT2D eigenvalue weighted by Crippen LogP contribution is 2.39. The van der Waals surface area contributed by atoms with Crippen LogP contribution in [0.1, 0.15) is 35.7 Å². The van der Waals surface area contributed by atoms with Crippen LogP contribution in [0.25, 0.3) is 0 Å². The number of aromatic nitrogens is 2. The molecule has 0 spiro atoms. The summed E-state index contributed by atoms with van der Waals surface area (Å²) in [5.74, 6) is -6.81. The Kier molecular flexibility index (Phi) is 9.46. The summed E-state index contributed by atoms with van der Waals surface area (Å²) in [4.78, 5) is 26.7. The Morgan fingerprint density at radius 1 is 1.33 bits per heavy atom. The molecule has 0 saturated carbocycles. The van der Waals surface area contributed by atoms with Crippen LogP contribution in [0, 0.1) is 18.3 Å². The Bertz CT molecular complexity index is 1300. The molecule has 0 unspecified atom stereocenters. The van der Waals surface area contributed by atoms with Gasteiger partial charge in [0.2, 0.25) is 12.2 Å². The molecule has 7 nitrogen and oxygen atoms in total. The summed E-state index contributed by atoms with van der Waals surface area (Å²) < 4.78 is 87.7. The molecule has 1 amide bonds. The third kappa shape index (κ3) is 6.54. The van der Waals surface area contributed by atoms with Crippen molar-refractivity contribution in [3.63, 3.8) is 0 Å². The molecule has 14 heteroatoms. The number of allylic oxidation sites excluding steroid dienone is 3. The van der Waals surface area contributed by atoms with Gasteiger partial charge in [-0.1, -0.05) is 5.57 Å². The van der Waals surface area contributed by atoms with Gasteiger partial charge in [0.05, 0.1) is 18.0 Å². The minimum absolute atomic E-state index is 0.0872. The first-order valence-electron chi connectivity index (χ1n) is 9.82. The van der Waals surface area contributed by atoms with Gasteiger partial charge in [0.25, 0.3) is 12.0 Å². The van der Waals surface area contributed by atoms with Crippen LogP contribution in [-0.2, 0) is 17.3 Å². The van der Waals surface area contributed by atoms with Crippen LogP contribution >= 0.6 is 15.9 Å². The van der Waals surface area contributed by atoms with Gasteiger partial charge in [0.15, 0.2) is 5.69 Å². The van der Waals surface area contributed by atoms with E-state index in [1.54, 1.807) is 6.07 Å². The molecule has 0 aliphatic carbocycles. The zero-order valence-electron chi connectivity index (χ0n) is 18.5. The number of rotatable bonds is 10. The lowest BCUT2D eigenvalue weighted by Gasteiger charge is -2.20. The topological polar surface area (TPSA) is 97.0 Å². The van der Waals surface area contributed by atoms with Crippen molar-refractivity contribution < 1.29 is 35.9 Å². The molecular weight excluding hydrogens is 562 g/mol. The Morgan fingerprint density at radius 2 is 2.00 bits per heavy atom. The van der Waals surface area contributed by atoms with Gasteiger partial charge < -0.3 is 10.1 Å². The van der Waals surface area contributed by atoms with Gasteiger partial charge in [-0.3, -0.25) is 14.2 Å². The third-order valence-electron chi connectivity index (χ3n) is 4.65. The maximum Gasteiger partial charge on any atom is 0.352 e.